The molecule has 0 fully saturated rings. The number of hydrogen-bond acceptors (Lipinski definition) is 8. The van der Waals surface area contributed by atoms with Crippen molar-refractivity contribution >= 4 is 12.1 Å². The Bertz CT molecular complexity index is 1500. The van der Waals surface area contributed by atoms with E-state index in [0.717, 1.165) is 22.6 Å². The molecule has 0 aliphatic rings. The van der Waals surface area contributed by atoms with E-state index in [-0.39, 0.29) is 25.6 Å². The molecule has 0 N–H and O–H groups in total. The van der Waals surface area contributed by atoms with Gasteiger partial charge in [0.1, 0.15) is 36.2 Å². The summed E-state index contributed by atoms with van der Waals surface area (Å²) in [5, 5.41) is 0. The van der Waals surface area contributed by atoms with E-state index in [1.807, 2.05) is 73.7 Å². The first-order chi connectivity index (χ1) is 20.9. The maximum absolute atomic E-state index is 12.9. The third-order valence-corrected chi connectivity index (χ3v) is 6.48. The van der Waals surface area contributed by atoms with E-state index in [0.29, 0.717) is 29.7 Å². The molecule has 4 aromatic rings. The monoisotopic (exact) mass is 584 g/mol. The van der Waals surface area contributed by atoms with Gasteiger partial charge in [-0.3, -0.25) is 9.69 Å². The van der Waals surface area contributed by atoms with E-state index >= 15 is 0 Å². The number of esters is 1. The number of allylic oxidation sites excluding steroid dienone is 1. The van der Waals surface area contributed by atoms with E-state index in [1.165, 1.54) is 4.90 Å². The normalized spacial score (nSPS) is 11.6. The number of rotatable bonds is 13. The van der Waals surface area contributed by atoms with Crippen LogP contribution in [0.5, 0.6) is 17.2 Å². The predicted molar refractivity (Wildman–Crippen MR) is 162 cm³/mol. The van der Waals surface area contributed by atoms with E-state index in [2.05, 4.69) is 11.9 Å². The second-order valence-electron chi connectivity index (χ2n) is 9.71. The molecular formula is C34H36N2O7. The summed E-state index contributed by atoms with van der Waals surface area (Å²) in [5.41, 5.74) is 2.60. The Balaban J connectivity index is 1.32. The summed E-state index contributed by atoms with van der Waals surface area (Å²) in [5.74, 6) is 2.57. The first kappa shape index (κ1) is 30.9. The molecule has 1 aromatic heterocycles. The van der Waals surface area contributed by atoms with Gasteiger partial charge in [-0.15, -0.1) is 0 Å². The maximum Gasteiger partial charge on any atom is 0.416 e. The van der Waals surface area contributed by atoms with Crippen LogP contribution in [0.3, 0.4) is 0 Å². The second-order valence-corrected chi connectivity index (χ2v) is 9.71. The van der Waals surface area contributed by atoms with Crippen molar-refractivity contribution in [1.29, 1.82) is 0 Å². The Morgan fingerprint density at radius 3 is 2.30 bits per heavy atom. The molecule has 43 heavy (non-hydrogen) atoms. The highest BCUT2D eigenvalue weighted by Gasteiger charge is 2.21. The summed E-state index contributed by atoms with van der Waals surface area (Å²) in [6, 6.07) is 23.7. The van der Waals surface area contributed by atoms with Crippen molar-refractivity contribution in [3.05, 3.63) is 108 Å². The lowest BCUT2D eigenvalue weighted by atomic mass is 10.1. The molecule has 0 saturated carbocycles. The molecule has 4 rings (SSSR count). The third-order valence-electron chi connectivity index (χ3n) is 6.48. The van der Waals surface area contributed by atoms with Crippen molar-refractivity contribution in [2.24, 2.45) is 0 Å². The van der Waals surface area contributed by atoms with Crippen LogP contribution in [0.25, 0.3) is 11.5 Å². The van der Waals surface area contributed by atoms with E-state index in [4.69, 9.17) is 23.4 Å². The third kappa shape index (κ3) is 8.97. The molecule has 9 heteroatoms. The van der Waals surface area contributed by atoms with Crippen molar-refractivity contribution in [1.82, 2.24) is 9.88 Å². The number of aryl methyl sites for hydroxylation is 1. The number of carbonyl (C=O) groups is 2. The predicted octanol–water partition coefficient (Wildman–Crippen LogP) is 6.96. The summed E-state index contributed by atoms with van der Waals surface area (Å²) >= 11 is 0. The summed E-state index contributed by atoms with van der Waals surface area (Å²) < 4.78 is 27.6. The first-order valence-corrected chi connectivity index (χ1v) is 14.0. The highest BCUT2D eigenvalue weighted by Crippen LogP contribution is 2.27. The molecule has 1 heterocycles. The fourth-order valence-corrected chi connectivity index (χ4v) is 4.29. The SMILES string of the molecule is CCOC(=O)CN(Cc1ccc(OC/C=C/C(C)c2oc(-c3ccccc3)nc2C)cc1)C(=O)Oc1ccc(OC)cc1. The van der Waals surface area contributed by atoms with Gasteiger partial charge in [0, 0.05) is 18.0 Å². The minimum absolute atomic E-state index is 0.0268. The molecule has 0 aliphatic carbocycles. The summed E-state index contributed by atoms with van der Waals surface area (Å²) in [6.07, 6.45) is 3.30. The zero-order valence-electron chi connectivity index (χ0n) is 24.8. The summed E-state index contributed by atoms with van der Waals surface area (Å²) in [6.45, 7) is 6.19. The number of methoxy groups -OCH3 is 1. The minimum Gasteiger partial charge on any atom is -0.497 e. The lowest BCUT2D eigenvalue weighted by Gasteiger charge is -2.21. The minimum atomic E-state index is -0.671. The number of aromatic nitrogens is 1. The number of oxazole rings is 1. The average Bonchev–Trinajstić information content (AvgIpc) is 3.42. The van der Waals surface area contributed by atoms with Crippen LogP contribution in [0.15, 0.2) is 95.4 Å². The van der Waals surface area contributed by atoms with Crippen molar-refractivity contribution in [2.75, 3.05) is 26.9 Å². The number of hydrogen-bond donors (Lipinski definition) is 0. The van der Waals surface area contributed by atoms with Crippen molar-refractivity contribution < 1.29 is 33.0 Å². The molecule has 1 atom stereocenters. The molecule has 0 spiro atoms. The highest BCUT2D eigenvalue weighted by molar-refractivity contribution is 5.79. The maximum atomic E-state index is 12.9. The fraction of sp³-hybridized carbons (Fsp3) is 0.265. The Morgan fingerprint density at radius 2 is 1.63 bits per heavy atom. The quantitative estimate of drug-likeness (QED) is 0.123. The molecule has 9 nitrogen and oxygen atoms in total. The number of carbonyl (C=O) groups excluding carboxylic acids is 2. The Hall–Kier alpha value is -5.05. The number of nitrogens with zero attached hydrogens (tertiary/aromatic N) is 2. The van der Waals surface area contributed by atoms with Crippen LogP contribution in [-0.2, 0) is 16.1 Å². The first-order valence-electron chi connectivity index (χ1n) is 14.0. The van der Waals surface area contributed by atoms with Crippen LogP contribution < -0.4 is 14.2 Å². The van der Waals surface area contributed by atoms with Gasteiger partial charge in [0.25, 0.3) is 0 Å². The number of amides is 1. The van der Waals surface area contributed by atoms with Crippen LogP contribution in [0.4, 0.5) is 4.79 Å². The summed E-state index contributed by atoms with van der Waals surface area (Å²) in [7, 11) is 1.55. The van der Waals surface area contributed by atoms with Crippen molar-refractivity contribution in [3.8, 4) is 28.7 Å². The molecular weight excluding hydrogens is 548 g/mol. The van der Waals surface area contributed by atoms with Gasteiger partial charge < -0.3 is 23.4 Å². The van der Waals surface area contributed by atoms with Gasteiger partial charge in [-0.1, -0.05) is 49.4 Å². The Morgan fingerprint density at radius 1 is 0.953 bits per heavy atom. The van der Waals surface area contributed by atoms with Crippen LogP contribution in [-0.4, -0.2) is 48.8 Å². The lowest BCUT2D eigenvalue weighted by molar-refractivity contribution is -0.144. The Labute approximate surface area is 251 Å². The lowest BCUT2D eigenvalue weighted by Crippen LogP contribution is -2.38. The molecule has 3 aromatic carbocycles. The second kappa shape index (κ2) is 15.3. The molecule has 0 saturated heterocycles. The van der Waals surface area contributed by atoms with E-state index in [9.17, 15) is 9.59 Å². The van der Waals surface area contributed by atoms with Crippen LogP contribution in [0.1, 0.15) is 36.8 Å². The molecule has 1 amide bonds. The molecule has 0 aliphatic heterocycles. The highest BCUT2D eigenvalue weighted by atomic mass is 16.6. The molecule has 0 radical (unpaired) electrons. The van der Waals surface area contributed by atoms with Gasteiger partial charge in [-0.2, -0.15) is 0 Å². The molecule has 224 valence electrons. The summed E-state index contributed by atoms with van der Waals surface area (Å²) in [4.78, 5) is 31.0. The van der Waals surface area contributed by atoms with Crippen molar-refractivity contribution in [2.45, 2.75) is 33.2 Å². The number of ether oxygens (including phenoxy) is 4. The topological polar surface area (TPSA) is 100 Å². The van der Waals surface area contributed by atoms with Gasteiger partial charge in [0.05, 0.1) is 19.4 Å². The zero-order valence-corrected chi connectivity index (χ0v) is 24.8. The van der Waals surface area contributed by atoms with Gasteiger partial charge in [0.2, 0.25) is 5.89 Å². The fourth-order valence-electron chi connectivity index (χ4n) is 4.29. The van der Waals surface area contributed by atoms with Gasteiger partial charge in [0.15, 0.2) is 0 Å². The molecule has 1 unspecified atom stereocenters. The van der Waals surface area contributed by atoms with Gasteiger partial charge in [-0.05, 0) is 67.9 Å². The van der Waals surface area contributed by atoms with Gasteiger partial charge >= 0.3 is 12.1 Å². The van der Waals surface area contributed by atoms with E-state index < -0.39 is 12.1 Å². The van der Waals surface area contributed by atoms with Gasteiger partial charge in [-0.25, -0.2) is 9.78 Å². The molecule has 0 bridgehead atoms. The largest absolute Gasteiger partial charge is 0.497 e. The van der Waals surface area contributed by atoms with Crippen LogP contribution >= 0.6 is 0 Å². The van der Waals surface area contributed by atoms with Crippen LogP contribution in [0.2, 0.25) is 0 Å². The standard InChI is InChI=1S/C34H36N2O7/c1-5-40-31(37)23-36(34(38)42-30-19-17-28(39-4)18-20-30)22-26-13-15-29(16-14-26)41-21-9-10-24(2)32-25(3)35-33(43-32)27-11-7-6-8-12-27/h6-20,24H,5,21-23H2,1-4H3/b10-9+. The Kier molecular flexibility index (Phi) is 11.0. The smallest absolute Gasteiger partial charge is 0.416 e. The zero-order chi connectivity index (χ0) is 30.6. The number of benzene rings is 3. The van der Waals surface area contributed by atoms with Crippen molar-refractivity contribution in [3.63, 3.8) is 0 Å². The average molecular weight is 585 g/mol. The van der Waals surface area contributed by atoms with Crippen LogP contribution in [0, 0.1) is 6.92 Å². The van der Waals surface area contributed by atoms with E-state index in [1.54, 1.807) is 38.3 Å².